The standard InChI is InChI=1S/C14H16N2O2S2/c1-14(18)5-3-6-16(9-14)13(17)10-8-20-12(15-10)11-4-2-7-19-11/h2,4,7-8,18H,3,5-6,9H2,1H3. The minimum atomic E-state index is -0.777. The number of hydrogen-bond acceptors (Lipinski definition) is 5. The molecule has 0 radical (unpaired) electrons. The molecule has 0 aliphatic carbocycles. The number of carbonyl (C=O) groups is 1. The fourth-order valence-corrected chi connectivity index (χ4v) is 4.05. The highest BCUT2D eigenvalue weighted by Crippen LogP contribution is 2.29. The van der Waals surface area contributed by atoms with Crippen molar-refractivity contribution in [3.05, 3.63) is 28.6 Å². The summed E-state index contributed by atoms with van der Waals surface area (Å²) in [5, 5.41) is 14.8. The van der Waals surface area contributed by atoms with Crippen molar-refractivity contribution in [3.63, 3.8) is 0 Å². The highest BCUT2D eigenvalue weighted by Gasteiger charge is 2.32. The van der Waals surface area contributed by atoms with Gasteiger partial charge in [0.1, 0.15) is 10.7 Å². The third-order valence-electron chi connectivity index (χ3n) is 3.42. The Labute approximate surface area is 125 Å². The Balaban J connectivity index is 1.78. The van der Waals surface area contributed by atoms with Crippen LogP contribution in [0.3, 0.4) is 0 Å². The molecule has 0 bridgehead atoms. The van der Waals surface area contributed by atoms with E-state index in [1.807, 2.05) is 17.5 Å². The van der Waals surface area contributed by atoms with Crippen LogP contribution in [0.5, 0.6) is 0 Å². The molecule has 0 aromatic carbocycles. The van der Waals surface area contributed by atoms with Crippen molar-refractivity contribution in [2.75, 3.05) is 13.1 Å². The smallest absolute Gasteiger partial charge is 0.273 e. The van der Waals surface area contributed by atoms with E-state index in [4.69, 9.17) is 0 Å². The Kier molecular flexibility index (Phi) is 3.62. The second-order valence-corrected chi connectivity index (χ2v) is 7.15. The average molecular weight is 308 g/mol. The first-order valence-electron chi connectivity index (χ1n) is 6.56. The molecule has 0 spiro atoms. The molecule has 3 heterocycles. The Bertz CT molecular complexity index is 604. The lowest BCUT2D eigenvalue weighted by molar-refractivity contribution is -0.0109. The Morgan fingerprint density at radius 1 is 1.50 bits per heavy atom. The van der Waals surface area contributed by atoms with E-state index in [-0.39, 0.29) is 5.91 Å². The summed E-state index contributed by atoms with van der Waals surface area (Å²) in [4.78, 5) is 19.7. The fraction of sp³-hybridized carbons (Fsp3) is 0.429. The van der Waals surface area contributed by atoms with Gasteiger partial charge in [0.25, 0.3) is 5.91 Å². The lowest BCUT2D eigenvalue weighted by Crippen LogP contribution is -2.48. The van der Waals surface area contributed by atoms with E-state index in [0.29, 0.717) is 18.8 Å². The van der Waals surface area contributed by atoms with Gasteiger partial charge in [0.2, 0.25) is 0 Å². The maximum absolute atomic E-state index is 12.4. The highest BCUT2D eigenvalue weighted by molar-refractivity contribution is 7.20. The Hall–Kier alpha value is -1.24. The van der Waals surface area contributed by atoms with Crippen molar-refractivity contribution in [2.45, 2.75) is 25.4 Å². The number of amides is 1. The molecule has 1 amide bonds. The van der Waals surface area contributed by atoms with Gasteiger partial charge >= 0.3 is 0 Å². The van der Waals surface area contributed by atoms with Gasteiger partial charge in [-0.1, -0.05) is 6.07 Å². The number of nitrogens with zero attached hydrogens (tertiary/aromatic N) is 2. The van der Waals surface area contributed by atoms with Crippen LogP contribution in [0.25, 0.3) is 9.88 Å². The number of thiophene rings is 1. The van der Waals surface area contributed by atoms with E-state index < -0.39 is 5.60 Å². The van der Waals surface area contributed by atoms with Crippen LogP contribution in [0.2, 0.25) is 0 Å². The normalized spacial score (nSPS) is 23.0. The molecule has 4 nitrogen and oxygen atoms in total. The number of likely N-dealkylation sites (tertiary alicyclic amines) is 1. The van der Waals surface area contributed by atoms with Gasteiger partial charge in [-0.3, -0.25) is 4.79 Å². The van der Waals surface area contributed by atoms with Gasteiger partial charge in [0.15, 0.2) is 0 Å². The molecule has 106 valence electrons. The summed E-state index contributed by atoms with van der Waals surface area (Å²) in [6.07, 6.45) is 1.58. The lowest BCUT2D eigenvalue weighted by Gasteiger charge is -2.36. The van der Waals surface area contributed by atoms with Crippen LogP contribution in [0, 0.1) is 0 Å². The molecule has 6 heteroatoms. The highest BCUT2D eigenvalue weighted by atomic mass is 32.1. The topological polar surface area (TPSA) is 53.4 Å². The monoisotopic (exact) mass is 308 g/mol. The van der Waals surface area contributed by atoms with Crippen molar-refractivity contribution in [2.24, 2.45) is 0 Å². The summed E-state index contributed by atoms with van der Waals surface area (Å²) in [5.74, 6) is -0.0796. The van der Waals surface area contributed by atoms with Gasteiger partial charge in [0, 0.05) is 18.5 Å². The fourth-order valence-electron chi connectivity index (χ4n) is 2.44. The Morgan fingerprint density at radius 2 is 2.35 bits per heavy atom. The van der Waals surface area contributed by atoms with E-state index in [1.165, 1.54) is 11.3 Å². The van der Waals surface area contributed by atoms with Gasteiger partial charge in [-0.05, 0) is 31.2 Å². The number of thiazole rings is 1. The summed E-state index contributed by atoms with van der Waals surface area (Å²) < 4.78 is 0. The molecular formula is C14H16N2O2S2. The second-order valence-electron chi connectivity index (χ2n) is 5.34. The summed E-state index contributed by atoms with van der Waals surface area (Å²) in [7, 11) is 0. The van der Waals surface area contributed by atoms with Crippen molar-refractivity contribution >= 4 is 28.6 Å². The summed E-state index contributed by atoms with van der Waals surface area (Å²) in [6.45, 7) is 2.86. The average Bonchev–Trinajstić information content (AvgIpc) is 3.07. The predicted molar refractivity (Wildman–Crippen MR) is 81.2 cm³/mol. The van der Waals surface area contributed by atoms with Gasteiger partial charge in [-0.15, -0.1) is 22.7 Å². The molecule has 1 aliphatic heterocycles. The molecule has 2 aromatic heterocycles. The van der Waals surface area contributed by atoms with E-state index in [1.54, 1.807) is 28.5 Å². The zero-order valence-electron chi connectivity index (χ0n) is 11.2. The van der Waals surface area contributed by atoms with Crippen molar-refractivity contribution in [3.8, 4) is 9.88 Å². The first-order chi connectivity index (χ1) is 9.55. The summed E-state index contributed by atoms with van der Waals surface area (Å²) in [5.41, 5.74) is -0.295. The van der Waals surface area contributed by atoms with Crippen molar-refractivity contribution in [1.82, 2.24) is 9.88 Å². The van der Waals surface area contributed by atoms with Crippen LogP contribution in [0.1, 0.15) is 30.3 Å². The lowest BCUT2D eigenvalue weighted by atomic mass is 9.95. The van der Waals surface area contributed by atoms with Crippen LogP contribution in [0.4, 0.5) is 0 Å². The quantitative estimate of drug-likeness (QED) is 0.928. The van der Waals surface area contributed by atoms with Crippen LogP contribution < -0.4 is 0 Å². The number of β-amino-alcohol motifs (C(OH)–C–C–N with tert-alkyl or cyclic N) is 1. The molecule has 1 fully saturated rings. The van der Waals surface area contributed by atoms with Crippen LogP contribution >= 0.6 is 22.7 Å². The predicted octanol–water partition coefficient (Wildman–Crippen LogP) is 2.86. The molecule has 0 saturated carbocycles. The number of carbonyl (C=O) groups excluding carboxylic acids is 1. The number of hydrogen-bond donors (Lipinski definition) is 1. The first-order valence-corrected chi connectivity index (χ1v) is 8.32. The largest absolute Gasteiger partial charge is 0.388 e. The number of rotatable bonds is 2. The minimum absolute atomic E-state index is 0.0796. The molecule has 1 N–H and O–H groups in total. The van der Waals surface area contributed by atoms with Gasteiger partial charge < -0.3 is 10.0 Å². The van der Waals surface area contributed by atoms with Crippen molar-refractivity contribution < 1.29 is 9.90 Å². The first kappa shape index (κ1) is 13.7. The molecule has 1 atom stereocenters. The maximum Gasteiger partial charge on any atom is 0.273 e. The van der Waals surface area contributed by atoms with E-state index >= 15 is 0 Å². The van der Waals surface area contributed by atoms with Crippen LogP contribution in [-0.2, 0) is 0 Å². The van der Waals surface area contributed by atoms with Crippen LogP contribution in [-0.4, -0.2) is 39.6 Å². The molecule has 2 aromatic rings. The SMILES string of the molecule is CC1(O)CCCN(C(=O)c2csc(-c3cccs3)n2)C1. The molecule has 3 rings (SSSR count). The molecule has 1 aliphatic rings. The summed E-state index contributed by atoms with van der Waals surface area (Å²) in [6, 6.07) is 3.98. The minimum Gasteiger partial charge on any atom is -0.388 e. The van der Waals surface area contributed by atoms with E-state index in [0.717, 1.165) is 22.7 Å². The number of aromatic nitrogens is 1. The van der Waals surface area contributed by atoms with E-state index in [2.05, 4.69) is 4.98 Å². The molecule has 1 saturated heterocycles. The van der Waals surface area contributed by atoms with E-state index in [9.17, 15) is 9.90 Å². The third-order valence-corrected chi connectivity index (χ3v) is 5.30. The van der Waals surface area contributed by atoms with Crippen molar-refractivity contribution in [1.29, 1.82) is 0 Å². The zero-order chi connectivity index (χ0) is 14.2. The van der Waals surface area contributed by atoms with Crippen LogP contribution in [0.15, 0.2) is 22.9 Å². The molecule has 20 heavy (non-hydrogen) atoms. The zero-order valence-corrected chi connectivity index (χ0v) is 12.8. The van der Waals surface area contributed by atoms with Gasteiger partial charge in [0.05, 0.1) is 10.5 Å². The van der Waals surface area contributed by atoms with Gasteiger partial charge in [-0.25, -0.2) is 4.98 Å². The van der Waals surface area contributed by atoms with Gasteiger partial charge in [-0.2, -0.15) is 0 Å². The number of piperidine rings is 1. The second kappa shape index (κ2) is 5.27. The molecular weight excluding hydrogens is 292 g/mol. The number of aliphatic hydroxyl groups is 1. The summed E-state index contributed by atoms with van der Waals surface area (Å²) >= 11 is 3.11. The third kappa shape index (κ3) is 2.77. The molecule has 1 unspecified atom stereocenters. The maximum atomic E-state index is 12.4. The Morgan fingerprint density at radius 3 is 3.05 bits per heavy atom.